The number of rotatable bonds is 6. The summed E-state index contributed by atoms with van der Waals surface area (Å²) in [5, 5.41) is 2.24. The third-order valence-electron chi connectivity index (χ3n) is 2.90. The topological polar surface area (TPSA) is 18.5 Å². The summed E-state index contributed by atoms with van der Waals surface area (Å²) in [5.74, 6) is 1.87. The van der Waals surface area contributed by atoms with E-state index in [0.717, 1.165) is 41.7 Å². The Balaban J connectivity index is 2.34. The van der Waals surface area contributed by atoms with Gasteiger partial charge in [-0.1, -0.05) is 37.6 Å². The van der Waals surface area contributed by atoms with Crippen molar-refractivity contribution >= 4 is 10.8 Å². The summed E-state index contributed by atoms with van der Waals surface area (Å²) in [5.41, 5.74) is 0. The molecule has 0 unspecified atom stereocenters. The lowest BCUT2D eigenvalue weighted by Crippen LogP contribution is -1.98. The fourth-order valence-electron chi connectivity index (χ4n) is 1.99. The number of benzene rings is 2. The van der Waals surface area contributed by atoms with Gasteiger partial charge in [0.05, 0.1) is 13.2 Å². The quantitative estimate of drug-likeness (QED) is 0.700. The van der Waals surface area contributed by atoms with Gasteiger partial charge in [0, 0.05) is 10.8 Å². The Morgan fingerprint density at radius 1 is 0.833 bits per heavy atom. The average molecular weight is 244 g/mol. The van der Waals surface area contributed by atoms with Crippen molar-refractivity contribution in [3.8, 4) is 11.5 Å². The van der Waals surface area contributed by atoms with Crippen LogP contribution in [-0.2, 0) is 0 Å². The largest absolute Gasteiger partial charge is 0.493 e. The van der Waals surface area contributed by atoms with E-state index in [0.29, 0.717) is 6.61 Å². The molecule has 0 radical (unpaired) electrons. The van der Waals surface area contributed by atoms with Crippen molar-refractivity contribution in [1.82, 2.24) is 0 Å². The second-order valence-corrected chi connectivity index (χ2v) is 4.24. The normalized spacial score (nSPS) is 10.6. The number of fused-ring (bicyclic) bond motifs is 1. The second-order valence-electron chi connectivity index (χ2n) is 4.24. The van der Waals surface area contributed by atoms with E-state index in [9.17, 15) is 0 Å². The summed E-state index contributed by atoms with van der Waals surface area (Å²) >= 11 is 0. The predicted octanol–water partition coefficient (Wildman–Crippen LogP) is 4.42. The zero-order chi connectivity index (χ0) is 12.8. The van der Waals surface area contributed by atoms with Gasteiger partial charge in [-0.2, -0.15) is 0 Å². The molecule has 0 aliphatic rings. The van der Waals surface area contributed by atoms with Gasteiger partial charge < -0.3 is 9.47 Å². The molecule has 0 atom stereocenters. The van der Waals surface area contributed by atoms with Crippen LogP contribution < -0.4 is 9.47 Å². The average Bonchev–Trinajstić information content (AvgIpc) is 2.40. The van der Waals surface area contributed by atoms with Crippen LogP contribution in [0.1, 0.15) is 26.7 Å². The second kappa shape index (κ2) is 6.29. The highest BCUT2D eigenvalue weighted by molar-refractivity contribution is 5.93. The minimum atomic E-state index is 0.681. The standard InChI is InChI=1S/C16H20O2/c1-3-5-12-18-16-11-7-8-13-14(16)9-6-10-15(13)17-4-2/h6-11H,3-5,12H2,1-2H3. The Hall–Kier alpha value is -1.70. The fourth-order valence-corrected chi connectivity index (χ4v) is 1.99. The van der Waals surface area contributed by atoms with Crippen molar-refractivity contribution in [2.45, 2.75) is 26.7 Å². The number of unbranched alkanes of at least 4 members (excludes halogenated alkanes) is 1. The number of ether oxygens (including phenoxy) is 2. The first-order valence-corrected chi connectivity index (χ1v) is 6.64. The van der Waals surface area contributed by atoms with E-state index in [2.05, 4.69) is 19.1 Å². The van der Waals surface area contributed by atoms with E-state index in [1.165, 1.54) is 0 Å². The summed E-state index contributed by atoms with van der Waals surface area (Å²) in [7, 11) is 0. The molecule has 2 aromatic rings. The SMILES string of the molecule is CCCCOc1cccc2c(OCC)cccc12. The fraction of sp³-hybridized carbons (Fsp3) is 0.375. The molecular formula is C16H20O2. The third-order valence-corrected chi connectivity index (χ3v) is 2.90. The van der Waals surface area contributed by atoms with E-state index in [1.807, 2.05) is 31.2 Å². The van der Waals surface area contributed by atoms with Crippen LogP contribution in [0.15, 0.2) is 36.4 Å². The molecule has 0 amide bonds. The van der Waals surface area contributed by atoms with E-state index in [4.69, 9.17) is 9.47 Å². The Labute approximate surface area is 109 Å². The Morgan fingerprint density at radius 3 is 2.00 bits per heavy atom. The van der Waals surface area contributed by atoms with Crippen molar-refractivity contribution in [2.24, 2.45) is 0 Å². The molecule has 0 saturated heterocycles. The van der Waals surface area contributed by atoms with Gasteiger partial charge in [0.1, 0.15) is 11.5 Å². The molecule has 96 valence electrons. The van der Waals surface area contributed by atoms with Gasteiger partial charge in [-0.05, 0) is 25.5 Å². The van der Waals surface area contributed by atoms with Gasteiger partial charge in [0.25, 0.3) is 0 Å². The number of hydrogen-bond donors (Lipinski definition) is 0. The predicted molar refractivity (Wildman–Crippen MR) is 75.5 cm³/mol. The minimum Gasteiger partial charge on any atom is -0.493 e. The maximum atomic E-state index is 5.84. The van der Waals surface area contributed by atoms with Crippen molar-refractivity contribution in [2.75, 3.05) is 13.2 Å². The molecule has 0 N–H and O–H groups in total. The third kappa shape index (κ3) is 2.76. The van der Waals surface area contributed by atoms with Crippen molar-refractivity contribution < 1.29 is 9.47 Å². The molecule has 2 nitrogen and oxygen atoms in total. The van der Waals surface area contributed by atoms with E-state index in [1.54, 1.807) is 0 Å². The first kappa shape index (κ1) is 12.7. The Morgan fingerprint density at radius 2 is 1.44 bits per heavy atom. The molecular weight excluding hydrogens is 224 g/mol. The lowest BCUT2D eigenvalue weighted by molar-refractivity contribution is 0.312. The maximum Gasteiger partial charge on any atom is 0.127 e. The monoisotopic (exact) mass is 244 g/mol. The lowest BCUT2D eigenvalue weighted by Gasteiger charge is -2.11. The first-order valence-electron chi connectivity index (χ1n) is 6.64. The summed E-state index contributed by atoms with van der Waals surface area (Å²) in [6, 6.07) is 12.2. The molecule has 0 spiro atoms. The van der Waals surface area contributed by atoms with E-state index >= 15 is 0 Å². The zero-order valence-corrected chi connectivity index (χ0v) is 11.1. The Bertz CT molecular complexity index is 505. The smallest absolute Gasteiger partial charge is 0.127 e. The Kier molecular flexibility index (Phi) is 4.46. The van der Waals surface area contributed by atoms with Crippen molar-refractivity contribution in [3.63, 3.8) is 0 Å². The van der Waals surface area contributed by atoms with Crippen molar-refractivity contribution in [3.05, 3.63) is 36.4 Å². The van der Waals surface area contributed by atoms with Crippen LogP contribution >= 0.6 is 0 Å². The molecule has 0 fully saturated rings. The van der Waals surface area contributed by atoms with Crippen LogP contribution in [0, 0.1) is 0 Å². The zero-order valence-electron chi connectivity index (χ0n) is 11.1. The lowest BCUT2D eigenvalue weighted by atomic mass is 10.1. The molecule has 18 heavy (non-hydrogen) atoms. The van der Waals surface area contributed by atoms with Crippen LogP contribution in [0.3, 0.4) is 0 Å². The highest BCUT2D eigenvalue weighted by atomic mass is 16.5. The molecule has 0 saturated carbocycles. The molecule has 0 bridgehead atoms. The van der Waals surface area contributed by atoms with Gasteiger partial charge >= 0.3 is 0 Å². The highest BCUT2D eigenvalue weighted by Gasteiger charge is 2.06. The molecule has 0 aliphatic heterocycles. The van der Waals surface area contributed by atoms with E-state index in [-0.39, 0.29) is 0 Å². The number of hydrogen-bond acceptors (Lipinski definition) is 2. The summed E-state index contributed by atoms with van der Waals surface area (Å²) < 4.78 is 11.5. The van der Waals surface area contributed by atoms with Crippen LogP contribution in [-0.4, -0.2) is 13.2 Å². The van der Waals surface area contributed by atoms with Crippen LogP contribution in [0.4, 0.5) is 0 Å². The van der Waals surface area contributed by atoms with Gasteiger partial charge in [-0.3, -0.25) is 0 Å². The first-order chi connectivity index (χ1) is 8.86. The van der Waals surface area contributed by atoms with Gasteiger partial charge in [-0.15, -0.1) is 0 Å². The molecule has 2 aromatic carbocycles. The van der Waals surface area contributed by atoms with Crippen LogP contribution in [0.5, 0.6) is 11.5 Å². The molecule has 0 aliphatic carbocycles. The van der Waals surface area contributed by atoms with Crippen molar-refractivity contribution in [1.29, 1.82) is 0 Å². The van der Waals surface area contributed by atoms with Crippen LogP contribution in [0.2, 0.25) is 0 Å². The van der Waals surface area contributed by atoms with E-state index < -0.39 is 0 Å². The van der Waals surface area contributed by atoms with Gasteiger partial charge in [-0.25, -0.2) is 0 Å². The molecule has 2 rings (SSSR count). The summed E-state index contributed by atoms with van der Waals surface area (Å²) in [6.45, 7) is 5.62. The molecule has 0 heterocycles. The highest BCUT2D eigenvalue weighted by Crippen LogP contribution is 2.32. The molecule has 2 heteroatoms. The van der Waals surface area contributed by atoms with Crippen LogP contribution in [0.25, 0.3) is 10.8 Å². The summed E-state index contributed by atoms with van der Waals surface area (Å²) in [4.78, 5) is 0. The van der Waals surface area contributed by atoms with Gasteiger partial charge in [0.2, 0.25) is 0 Å². The van der Waals surface area contributed by atoms with Gasteiger partial charge in [0.15, 0.2) is 0 Å². The maximum absolute atomic E-state index is 5.84. The molecule has 0 aromatic heterocycles. The minimum absolute atomic E-state index is 0.681. The summed E-state index contributed by atoms with van der Waals surface area (Å²) in [6.07, 6.45) is 2.23.